The maximum atomic E-state index is 12.0. The first-order valence-electron chi connectivity index (χ1n) is 5.37. The highest BCUT2D eigenvalue weighted by molar-refractivity contribution is 5.83. The second-order valence-electron chi connectivity index (χ2n) is 3.75. The molecular formula is C12H15N2O2. The highest BCUT2D eigenvalue weighted by atomic mass is 16.5. The van der Waals surface area contributed by atoms with Crippen LogP contribution in [0.25, 0.3) is 0 Å². The fourth-order valence-corrected chi connectivity index (χ4v) is 1.73. The molecule has 1 fully saturated rings. The van der Waals surface area contributed by atoms with Crippen LogP contribution in [-0.2, 0) is 9.53 Å². The Hall–Kier alpha value is -1.39. The molecule has 1 saturated heterocycles. The van der Waals surface area contributed by atoms with Gasteiger partial charge in [0.15, 0.2) is 0 Å². The summed E-state index contributed by atoms with van der Waals surface area (Å²) in [5.74, 6) is -0.0329. The third-order valence-corrected chi connectivity index (χ3v) is 2.69. The van der Waals surface area contributed by atoms with Crippen molar-refractivity contribution in [3.05, 3.63) is 35.9 Å². The highest BCUT2D eigenvalue weighted by Gasteiger charge is 2.23. The Kier molecular flexibility index (Phi) is 3.54. The van der Waals surface area contributed by atoms with E-state index < -0.39 is 6.04 Å². The van der Waals surface area contributed by atoms with Gasteiger partial charge in [0.1, 0.15) is 6.04 Å². The molecule has 0 aliphatic carbocycles. The summed E-state index contributed by atoms with van der Waals surface area (Å²) in [5, 5.41) is 0. The van der Waals surface area contributed by atoms with Crippen molar-refractivity contribution in [2.24, 2.45) is 5.73 Å². The van der Waals surface area contributed by atoms with Gasteiger partial charge in [-0.05, 0) is 11.6 Å². The van der Waals surface area contributed by atoms with E-state index >= 15 is 0 Å². The molecule has 2 N–H and O–H groups in total. The Balaban J connectivity index is 2.04. The average Bonchev–Trinajstić information content (AvgIpc) is 2.39. The number of nitrogens with two attached hydrogens (primary N) is 1. The van der Waals surface area contributed by atoms with Gasteiger partial charge in [-0.25, -0.2) is 0 Å². The van der Waals surface area contributed by atoms with Crippen molar-refractivity contribution < 1.29 is 9.53 Å². The summed E-state index contributed by atoms with van der Waals surface area (Å²) >= 11 is 0. The number of ether oxygens (including phenoxy) is 1. The SMILES string of the molecule is NC(C(=O)N1CCOCC1)c1cc[c]cc1. The lowest BCUT2D eigenvalue weighted by Crippen LogP contribution is -2.45. The van der Waals surface area contributed by atoms with Gasteiger partial charge in [0, 0.05) is 13.1 Å². The molecule has 1 aliphatic rings. The number of morpholine rings is 1. The van der Waals surface area contributed by atoms with Crippen molar-refractivity contribution in [2.75, 3.05) is 26.3 Å². The van der Waals surface area contributed by atoms with Gasteiger partial charge in [0.2, 0.25) is 5.91 Å². The molecule has 4 heteroatoms. The summed E-state index contributed by atoms with van der Waals surface area (Å²) in [7, 11) is 0. The molecule has 1 aliphatic heterocycles. The average molecular weight is 219 g/mol. The Morgan fingerprint density at radius 1 is 1.38 bits per heavy atom. The van der Waals surface area contributed by atoms with E-state index in [0.717, 1.165) is 5.56 Å². The number of carbonyl (C=O) groups excluding carboxylic acids is 1. The number of hydrogen-bond donors (Lipinski definition) is 1. The molecule has 1 radical (unpaired) electrons. The number of amides is 1. The van der Waals surface area contributed by atoms with E-state index in [4.69, 9.17) is 10.5 Å². The van der Waals surface area contributed by atoms with Crippen LogP contribution in [0.4, 0.5) is 0 Å². The lowest BCUT2D eigenvalue weighted by molar-refractivity contribution is -0.136. The van der Waals surface area contributed by atoms with Gasteiger partial charge in [-0.3, -0.25) is 4.79 Å². The molecule has 1 aromatic carbocycles. The number of nitrogens with zero attached hydrogens (tertiary/aromatic N) is 1. The fourth-order valence-electron chi connectivity index (χ4n) is 1.73. The Labute approximate surface area is 95.0 Å². The Morgan fingerprint density at radius 3 is 2.62 bits per heavy atom. The van der Waals surface area contributed by atoms with Crippen LogP contribution in [0, 0.1) is 6.07 Å². The van der Waals surface area contributed by atoms with Crippen LogP contribution >= 0.6 is 0 Å². The molecule has 85 valence electrons. The summed E-state index contributed by atoms with van der Waals surface area (Å²) < 4.78 is 5.20. The maximum absolute atomic E-state index is 12.0. The second kappa shape index (κ2) is 5.09. The standard InChI is InChI=1S/C12H15N2O2/c13-11(10-4-2-1-3-5-10)12(15)14-6-8-16-9-7-14/h2-5,11H,6-9,13H2. The first kappa shape index (κ1) is 11.1. The largest absolute Gasteiger partial charge is 0.378 e. The zero-order valence-corrected chi connectivity index (χ0v) is 9.06. The highest BCUT2D eigenvalue weighted by Crippen LogP contribution is 2.13. The third-order valence-electron chi connectivity index (χ3n) is 2.69. The molecule has 4 nitrogen and oxygen atoms in total. The molecule has 16 heavy (non-hydrogen) atoms. The summed E-state index contributed by atoms with van der Waals surface area (Å²) in [6.45, 7) is 2.46. The van der Waals surface area contributed by atoms with Crippen LogP contribution in [0.5, 0.6) is 0 Å². The van der Waals surface area contributed by atoms with E-state index in [2.05, 4.69) is 6.07 Å². The van der Waals surface area contributed by atoms with Gasteiger partial charge < -0.3 is 15.4 Å². The lowest BCUT2D eigenvalue weighted by Gasteiger charge is -2.29. The van der Waals surface area contributed by atoms with Gasteiger partial charge >= 0.3 is 0 Å². The second-order valence-corrected chi connectivity index (χ2v) is 3.75. The van der Waals surface area contributed by atoms with Crippen LogP contribution in [0.1, 0.15) is 11.6 Å². The zero-order valence-electron chi connectivity index (χ0n) is 9.06. The summed E-state index contributed by atoms with van der Waals surface area (Å²) in [6.07, 6.45) is 0. The molecule has 1 unspecified atom stereocenters. The van der Waals surface area contributed by atoms with Crippen LogP contribution in [0.15, 0.2) is 24.3 Å². The Morgan fingerprint density at radius 2 is 2.00 bits per heavy atom. The molecule has 0 spiro atoms. The van der Waals surface area contributed by atoms with Crippen molar-refractivity contribution in [1.82, 2.24) is 4.90 Å². The number of benzene rings is 1. The molecule has 0 aromatic heterocycles. The van der Waals surface area contributed by atoms with Crippen molar-refractivity contribution in [3.63, 3.8) is 0 Å². The van der Waals surface area contributed by atoms with Gasteiger partial charge in [-0.2, -0.15) is 0 Å². The lowest BCUT2D eigenvalue weighted by atomic mass is 10.1. The van der Waals surface area contributed by atoms with Crippen molar-refractivity contribution >= 4 is 5.91 Å². The first-order valence-corrected chi connectivity index (χ1v) is 5.37. The number of hydrogen-bond acceptors (Lipinski definition) is 3. The van der Waals surface area contributed by atoms with Crippen molar-refractivity contribution in [3.8, 4) is 0 Å². The molecule has 0 bridgehead atoms. The predicted octanol–water partition coefficient (Wildman–Crippen LogP) is 0.345. The minimum Gasteiger partial charge on any atom is -0.378 e. The van der Waals surface area contributed by atoms with Crippen molar-refractivity contribution in [1.29, 1.82) is 0 Å². The molecule has 1 amide bonds. The summed E-state index contributed by atoms with van der Waals surface area (Å²) in [6, 6.07) is 9.51. The molecule has 1 heterocycles. The van der Waals surface area contributed by atoms with Crippen LogP contribution < -0.4 is 5.73 Å². The van der Waals surface area contributed by atoms with Crippen LogP contribution in [0.2, 0.25) is 0 Å². The molecular weight excluding hydrogens is 204 g/mol. The van der Waals surface area contributed by atoms with E-state index in [9.17, 15) is 4.79 Å². The van der Waals surface area contributed by atoms with E-state index in [-0.39, 0.29) is 5.91 Å². The molecule has 0 saturated carbocycles. The number of carbonyl (C=O) groups is 1. The van der Waals surface area contributed by atoms with E-state index in [1.54, 1.807) is 17.0 Å². The van der Waals surface area contributed by atoms with Crippen LogP contribution in [0.3, 0.4) is 0 Å². The molecule has 1 atom stereocenters. The quantitative estimate of drug-likeness (QED) is 0.780. The van der Waals surface area contributed by atoms with E-state index in [1.807, 2.05) is 12.1 Å². The van der Waals surface area contributed by atoms with E-state index in [1.165, 1.54) is 0 Å². The van der Waals surface area contributed by atoms with Gasteiger partial charge in [0.05, 0.1) is 13.2 Å². The normalized spacial score (nSPS) is 18.2. The smallest absolute Gasteiger partial charge is 0.244 e. The molecule has 2 rings (SSSR count). The van der Waals surface area contributed by atoms with Gasteiger partial charge in [-0.1, -0.05) is 24.3 Å². The van der Waals surface area contributed by atoms with E-state index in [0.29, 0.717) is 26.3 Å². The predicted molar refractivity (Wildman–Crippen MR) is 59.6 cm³/mol. The summed E-state index contributed by atoms with van der Waals surface area (Å²) in [4.78, 5) is 13.8. The fraction of sp³-hybridized carbons (Fsp3) is 0.417. The third kappa shape index (κ3) is 2.40. The Bertz CT molecular complexity index is 347. The monoisotopic (exact) mass is 219 g/mol. The number of rotatable bonds is 2. The zero-order chi connectivity index (χ0) is 11.4. The van der Waals surface area contributed by atoms with Gasteiger partial charge in [-0.15, -0.1) is 0 Å². The van der Waals surface area contributed by atoms with Crippen LogP contribution in [-0.4, -0.2) is 37.1 Å². The topological polar surface area (TPSA) is 55.6 Å². The minimum absolute atomic E-state index is 0.0329. The minimum atomic E-state index is -0.576. The maximum Gasteiger partial charge on any atom is 0.244 e. The van der Waals surface area contributed by atoms with Crippen molar-refractivity contribution in [2.45, 2.75) is 6.04 Å². The summed E-state index contributed by atoms with van der Waals surface area (Å²) in [5.41, 5.74) is 6.75. The first-order chi connectivity index (χ1) is 7.79. The van der Waals surface area contributed by atoms with Gasteiger partial charge in [0.25, 0.3) is 0 Å². The molecule has 1 aromatic rings.